The maximum absolute atomic E-state index is 12.4. The number of nitrogens with one attached hydrogen (secondary N) is 1. The van der Waals surface area contributed by atoms with Gasteiger partial charge in [0.2, 0.25) is 0 Å². The fraction of sp³-hybridized carbons (Fsp3) is 0.105. The van der Waals surface area contributed by atoms with Gasteiger partial charge in [-0.05, 0) is 35.9 Å². The van der Waals surface area contributed by atoms with Crippen LogP contribution in [0.15, 0.2) is 35.9 Å². The van der Waals surface area contributed by atoms with Crippen molar-refractivity contribution in [3.63, 3.8) is 0 Å². The molecule has 0 saturated heterocycles. The predicted octanol–water partition coefficient (Wildman–Crippen LogP) is 5.40. The van der Waals surface area contributed by atoms with E-state index in [1.54, 1.807) is 24.3 Å². The molecule has 2 rings (SSSR count). The Morgan fingerprint density at radius 1 is 1.14 bits per heavy atom. The minimum atomic E-state index is -0.699. The van der Waals surface area contributed by atoms with Gasteiger partial charge < -0.3 is 14.8 Å². The Morgan fingerprint density at radius 2 is 1.79 bits per heavy atom. The zero-order valence-corrected chi connectivity index (χ0v) is 17.8. The highest BCUT2D eigenvalue weighted by Crippen LogP contribution is 2.35. The minimum Gasteiger partial charge on any atom is -0.479 e. The molecule has 0 aliphatic rings. The third-order valence-corrected chi connectivity index (χ3v) is 4.84. The summed E-state index contributed by atoms with van der Waals surface area (Å²) < 4.78 is 9.70. The molecule has 10 heteroatoms. The number of hydrogen-bond donors (Lipinski definition) is 1. The van der Waals surface area contributed by atoms with Crippen LogP contribution in [0.1, 0.15) is 5.56 Å². The van der Waals surface area contributed by atoms with E-state index in [2.05, 4.69) is 10.1 Å². The molecule has 0 unspecified atom stereocenters. The monoisotopic (exact) mass is 472 g/mol. The summed E-state index contributed by atoms with van der Waals surface area (Å²) in [7, 11) is 1.22. The SMILES string of the molecule is COC(=O)COc1c(Cl)cc(/C=C(/C#N)C(=O)Nc2cccc(Cl)c2Cl)cc1Cl. The number of carbonyl (C=O) groups is 2. The van der Waals surface area contributed by atoms with Crippen LogP contribution in [0.25, 0.3) is 6.08 Å². The maximum atomic E-state index is 12.4. The molecule has 0 aromatic heterocycles. The van der Waals surface area contributed by atoms with E-state index in [1.807, 2.05) is 0 Å². The summed E-state index contributed by atoms with van der Waals surface area (Å²) in [6.45, 7) is -0.378. The maximum Gasteiger partial charge on any atom is 0.343 e. The minimum absolute atomic E-state index is 0.0737. The number of carbonyl (C=O) groups excluding carboxylic acids is 2. The van der Waals surface area contributed by atoms with Gasteiger partial charge in [-0.3, -0.25) is 4.79 Å². The van der Waals surface area contributed by atoms with E-state index >= 15 is 0 Å². The van der Waals surface area contributed by atoms with E-state index in [1.165, 1.54) is 25.3 Å². The summed E-state index contributed by atoms with van der Waals surface area (Å²) in [5.74, 6) is -1.23. The lowest BCUT2D eigenvalue weighted by Crippen LogP contribution is -2.14. The second-order valence-electron chi connectivity index (χ2n) is 5.40. The number of hydrogen-bond acceptors (Lipinski definition) is 5. The number of rotatable bonds is 6. The molecule has 0 atom stereocenters. The average Bonchev–Trinajstić information content (AvgIpc) is 2.68. The second-order valence-corrected chi connectivity index (χ2v) is 7.00. The van der Waals surface area contributed by atoms with Gasteiger partial charge in [0.15, 0.2) is 12.4 Å². The van der Waals surface area contributed by atoms with Crippen LogP contribution in [0.3, 0.4) is 0 Å². The zero-order chi connectivity index (χ0) is 21.6. The van der Waals surface area contributed by atoms with Gasteiger partial charge in [0.05, 0.1) is 32.9 Å². The molecule has 6 nitrogen and oxygen atoms in total. The van der Waals surface area contributed by atoms with Crippen LogP contribution in [-0.2, 0) is 14.3 Å². The van der Waals surface area contributed by atoms with Crippen molar-refractivity contribution < 1.29 is 19.1 Å². The van der Waals surface area contributed by atoms with Crippen LogP contribution in [0.4, 0.5) is 5.69 Å². The van der Waals surface area contributed by atoms with Crippen LogP contribution < -0.4 is 10.1 Å². The first-order valence-electron chi connectivity index (χ1n) is 7.82. The number of amides is 1. The quantitative estimate of drug-likeness (QED) is 0.344. The fourth-order valence-corrected chi connectivity index (χ4v) is 3.06. The Kier molecular flexibility index (Phi) is 8.18. The smallest absolute Gasteiger partial charge is 0.343 e. The lowest BCUT2D eigenvalue weighted by Gasteiger charge is -2.10. The van der Waals surface area contributed by atoms with Gasteiger partial charge in [0.25, 0.3) is 5.91 Å². The molecule has 29 heavy (non-hydrogen) atoms. The fourth-order valence-electron chi connectivity index (χ4n) is 2.10. The van der Waals surface area contributed by atoms with Crippen molar-refractivity contribution in [3.05, 3.63) is 61.6 Å². The summed E-state index contributed by atoms with van der Waals surface area (Å²) in [6.07, 6.45) is 1.29. The molecule has 1 N–H and O–H groups in total. The molecule has 0 spiro atoms. The summed E-state index contributed by atoms with van der Waals surface area (Å²) in [6, 6.07) is 9.37. The lowest BCUT2D eigenvalue weighted by molar-refractivity contribution is -0.142. The van der Waals surface area contributed by atoms with Crippen molar-refractivity contribution in [1.82, 2.24) is 0 Å². The first-order chi connectivity index (χ1) is 13.8. The third-order valence-electron chi connectivity index (χ3n) is 3.46. The van der Waals surface area contributed by atoms with Crippen molar-refractivity contribution >= 4 is 70.0 Å². The summed E-state index contributed by atoms with van der Waals surface area (Å²) in [4.78, 5) is 23.6. The molecule has 150 valence electrons. The average molecular weight is 474 g/mol. The summed E-state index contributed by atoms with van der Waals surface area (Å²) in [5, 5.41) is 12.4. The number of ether oxygens (including phenoxy) is 2. The number of anilines is 1. The molecule has 0 fully saturated rings. The number of benzene rings is 2. The van der Waals surface area contributed by atoms with E-state index < -0.39 is 11.9 Å². The molecule has 0 saturated carbocycles. The van der Waals surface area contributed by atoms with Crippen molar-refractivity contribution in [2.45, 2.75) is 0 Å². The molecule has 2 aromatic carbocycles. The Bertz CT molecular complexity index is 1010. The normalized spacial score (nSPS) is 10.8. The first kappa shape index (κ1) is 22.9. The van der Waals surface area contributed by atoms with Gasteiger partial charge in [-0.25, -0.2) is 4.79 Å². The van der Waals surface area contributed by atoms with Gasteiger partial charge >= 0.3 is 5.97 Å². The van der Waals surface area contributed by atoms with Crippen LogP contribution >= 0.6 is 46.4 Å². The Morgan fingerprint density at radius 3 is 2.38 bits per heavy atom. The number of nitrogens with zero attached hydrogens (tertiary/aromatic N) is 1. The van der Waals surface area contributed by atoms with Gasteiger partial charge in [-0.15, -0.1) is 0 Å². The van der Waals surface area contributed by atoms with Crippen molar-refractivity contribution in [2.75, 3.05) is 19.0 Å². The van der Waals surface area contributed by atoms with E-state index in [-0.39, 0.29) is 43.7 Å². The van der Waals surface area contributed by atoms with Crippen LogP contribution in [0.5, 0.6) is 5.75 Å². The van der Waals surface area contributed by atoms with Crippen molar-refractivity contribution in [2.24, 2.45) is 0 Å². The first-order valence-corrected chi connectivity index (χ1v) is 9.33. The second kappa shape index (κ2) is 10.4. The molecular weight excluding hydrogens is 462 g/mol. The van der Waals surface area contributed by atoms with Crippen LogP contribution in [0.2, 0.25) is 20.1 Å². The van der Waals surface area contributed by atoms with Crippen molar-refractivity contribution in [3.8, 4) is 11.8 Å². The van der Waals surface area contributed by atoms with Crippen LogP contribution in [-0.4, -0.2) is 25.6 Å². The number of nitriles is 1. The standard InChI is InChI=1S/C19H12Cl4N2O4/c1-28-16(26)9-29-18-13(21)6-10(7-14(18)22)5-11(8-24)19(27)25-15-4-2-3-12(20)17(15)23/h2-7H,9H2,1H3,(H,25,27)/b11-5-. The Labute approximate surface area is 186 Å². The zero-order valence-electron chi connectivity index (χ0n) is 14.8. The van der Waals surface area contributed by atoms with E-state index in [0.29, 0.717) is 5.56 Å². The van der Waals surface area contributed by atoms with E-state index in [0.717, 1.165) is 0 Å². The third kappa shape index (κ3) is 6.02. The van der Waals surface area contributed by atoms with Crippen molar-refractivity contribution in [1.29, 1.82) is 5.26 Å². The number of esters is 1. The van der Waals surface area contributed by atoms with Gasteiger partial charge in [-0.1, -0.05) is 52.5 Å². The molecule has 0 heterocycles. The molecule has 0 aliphatic heterocycles. The molecule has 0 radical (unpaired) electrons. The summed E-state index contributed by atoms with van der Waals surface area (Å²) in [5.41, 5.74) is 0.402. The highest BCUT2D eigenvalue weighted by atomic mass is 35.5. The molecule has 2 aromatic rings. The predicted molar refractivity (Wildman–Crippen MR) is 113 cm³/mol. The van der Waals surface area contributed by atoms with Gasteiger partial charge in [0.1, 0.15) is 11.6 Å². The Hall–Kier alpha value is -2.43. The molecule has 0 aliphatic carbocycles. The van der Waals surface area contributed by atoms with Gasteiger partial charge in [-0.2, -0.15) is 5.26 Å². The highest BCUT2D eigenvalue weighted by molar-refractivity contribution is 6.44. The topological polar surface area (TPSA) is 88.4 Å². The van der Waals surface area contributed by atoms with E-state index in [9.17, 15) is 14.9 Å². The van der Waals surface area contributed by atoms with Gasteiger partial charge in [0, 0.05) is 0 Å². The number of halogens is 4. The molecular formula is C19H12Cl4N2O4. The van der Waals surface area contributed by atoms with Crippen LogP contribution in [0, 0.1) is 11.3 Å². The lowest BCUT2D eigenvalue weighted by atomic mass is 10.1. The van der Waals surface area contributed by atoms with E-state index in [4.69, 9.17) is 51.1 Å². The molecule has 1 amide bonds. The summed E-state index contributed by atoms with van der Waals surface area (Å²) >= 11 is 24.2. The molecule has 0 bridgehead atoms. The largest absolute Gasteiger partial charge is 0.479 e. The number of methoxy groups -OCH3 is 1. The highest BCUT2D eigenvalue weighted by Gasteiger charge is 2.15. The Balaban J connectivity index is 2.26.